The van der Waals surface area contributed by atoms with E-state index in [0.717, 1.165) is 36.8 Å². The van der Waals surface area contributed by atoms with Crippen LogP contribution in [-0.4, -0.2) is 18.5 Å². The molecule has 0 spiro atoms. The number of aliphatic imine (C=N–C) groups is 2. The molecule has 88 valence electrons. The first-order valence-electron chi connectivity index (χ1n) is 5.98. The Hall–Kier alpha value is -1.18. The number of rotatable bonds is 5. The first-order chi connectivity index (χ1) is 7.67. The van der Waals surface area contributed by atoms with E-state index in [4.69, 9.17) is 0 Å². The van der Waals surface area contributed by atoms with Gasteiger partial charge in [0, 0.05) is 31.1 Å². The van der Waals surface area contributed by atoms with Gasteiger partial charge in [-0.05, 0) is 30.8 Å². The van der Waals surface area contributed by atoms with E-state index < -0.39 is 0 Å². The molecule has 1 unspecified atom stereocenters. The minimum atomic E-state index is 0.728. The average molecular weight is 218 g/mol. The molecule has 0 saturated carbocycles. The summed E-state index contributed by atoms with van der Waals surface area (Å²) in [5.41, 5.74) is 2.46. The normalized spacial score (nSPS) is 21.9. The van der Waals surface area contributed by atoms with E-state index in [9.17, 15) is 0 Å². The zero-order valence-corrected chi connectivity index (χ0v) is 10.6. The van der Waals surface area contributed by atoms with Gasteiger partial charge in [0.05, 0.1) is 0 Å². The van der Waals surface area contributed by atoms with Crippen molar-refractivity contribution in [1.29, 1.82) is 0 Å². The van der Waals surface area contributed by atoms with E-state index in [0.29, 0.717) is 0 Å². The Morgan fingerprint density at radius 1 is 1.62 bits per heavy atom. The molecule has 0 fully saturated rings. The van der Waals surface area contributed by atoms with E-state index in [1.165, 1.54) is 5.71 Å². The van der Waals surface area contributed by atoms with Crippen molar-refractivity contribution in [3.8, 4) is 0 Å². The summed E-state index contributed by atoms with van der Waals surface area (Å²) in [6, 6.07) is 0. The molecule has 0 amide bonds. The Kier molecular flexibility index (Phi) is 5.17. The Morgan fingerprint density at radius 2 is 2.38 bits per heavy atom. The van der Waals surface area contributed by atoms with Crippen LogP contribution in [0.5, 0.6) is 0 Å². The molecule has 0 N–H and O–H groups in total. The first kappa shape index (κ1) is 12.9. The average Bonchev–Trinajstić information content (AvgIpc) is 2.72. The molecular weight excluding hydrogens is 196 g/mol. The maximum atomic E-state index is 4.61. The molecule has 0 aromatic heterocycles. The van der Waals surface area contributed by atoms with Crippen LogP contribution in [0.15, 0.2) is 34.4 Å². The number of hydrogen-bond donors (Lipinski definition) is 0. The predicted octanol–water partition coefficient (Wildman–Crippen LogP) is 3.65. The van der Waals surface area contributed by atoms with Crippen LogP contribution < -0.4 is 0 Å². The van der Waals surface area contributed by atoms with Gasteiger partial charge in [0.2, 0.25) is 0 Å². The zero-order valence-electron chi connectivity index (χ0n) is 10.6. The van der Waals surface area contributed by atoms with Gasteiger partial charge < -0.3 is 0 Å². The van der Waals surface area contributed by atoms with Crippen molar-refractivity contribution in [1.82, 2.24) is 0 Å². The lowest BCUT2D eigenvalue weighted by Gasteiger charge is -2.12. The van der Waals surface area contributed by atoms with Crippen LogP contribution in [0.4, 0.5) is 0 Å². The van der Waals surface area contributed by atoms with Crippen LogP contribution >= 0.6 is 0 Å². The summed E-state index contributed by atoms with van der Waals surface area (Å²) in [5, 5.41) is 0. The second-order valence-corrected chi connectivity index (χ2v) is 4.61. The monoisotopic (exact) mass is 218 g/mol. The minimum absolute atomic E-state index is 0.728. The van der Waals surface area contributed by atoms with Crippen molar-refractivity contribution < 1.29 is 0 Å². The highest BCUT2D eigenvalue weighted by molar-refractivity contribution is 5.88. The quantitative estimate of drug-likeness (QED) is 0.497. The third-order valence-electron chi connectivity index (χ3n) is 3.05. The van der Waals surface area contributed by atoms with Gasteiger partial charge in [-0.2, -0.15) is 0 Å². The summed E-state index contributed by atoms with van der Waals surface area (Å²) < 4.78 is 0. The smallest absolute Gasteiger partial charge is 0.0423 e. The SMILES string of the molecule is C=C/C(=C\N=CC)CC1=NCC(C(C)C)C1. The van der Waals surface area contributed by atoms with E-state index in [1.807, 2.05) is 19.2 Å². The van der Waals surface area contributed by atoms with Crippen LogP contribution in [0.25, 0.3) is 0 Å². The van der Waals surface area contributed by atoms with Crippen molar-refractivity contribution in [2.45, 2.75) is 33.6 Å². The number of hydrogen-bond acceptors (Lipinski definition) is 2. The zero-order chi connectivity index (χ0) is 12.0. The molecule has 0 aliphatic carbocycles. The molecule has 1 heterocycles. The lowest BCUT2D eigenvalue weighted by molar-refractivity contribution is 0.425. The van der Waals surface area contributed by atoms with Gasteiger partial charge in [0.15, 0.2) is 0 Å². The van der Waals surface area contributed by atoms with Crippen molar-refractivity contribution in [3.63, 3.8) is 0 Å². The summed E-state index contributed by atoms with van der Waals surface area (Å²) in [5.74, 6) is 1.46. The van der Waals surface area contributed by atoms with Crippen LogP contribution in [0.3, 0.4) is 0 Å². The Bertz CT molecular complexity index is 322. The molecule has 1 atom stereocenters. The molecule has 2 heteroatoms. The van der Waals surface area contributed by atoms with Gasteiger partial charge in [-0.15, -0.1) is 0 Å². The highest BCUT2D eigenvalue weighted by atomic mass is 14.8. The molecule has 0 aromatic rings. The van der Waals surface area contributed by atoms with E-state index in [-0.39, 0.29) is 0 Å². The van der Waals surface area contributed by atoms with Gasteiger partial charge in [-0.1, -0.05) is 26.5 Å². The molecule has 0 radical (unpaired) electrons. The fourth-order valence-corrected chi connectivity index (χ4v) is 1.83. The van der Waals surface area contributed by atoms with Crippen LogP contribution in [0.1, 0.15) is 33.6 Å². The van der Waals surface area contributed by atoms with Gasteiger partial charge >= 0.3 is 0 Å². The van der Waals surface area contributed by atoms with Crippen LogP contribution in [0.2, 0.25) is 0 Å². The maximum absolute atomic E-state index is 4.61. The summed E-state index contributed by atoms with van der Waals surface area (Å²) in [4.78, 5) is 8.74. The van der Waals surface area contributed by atoms with Crippen LogP contribution in [0, 0.1) is 11.8 Å². The van der Waals surface area contributed by atoms with Crippen molar-refractivity contribution in [2.75, 3.05) is 6.54 Å². The van der Waals surface area contributed by atoms with Gasteiger partial charge in [-0.3, -0.25) is 9.98 Å². The molecule has 1 rings (SSSR count). The molecular formula is C14H22N2. The minimum Gasteiger partial charge on any atom is -0.293 e. The van der Waals surface area contributed by atoms with Gasteiger partial charge in [-0.25, -0.2) is 0 Å². The van der Waals surface area contributed by atoms with Gasteiger partial charge in [0.1, 0.15) is 0 Å². The largest absolute Gasteiger partial charge is 0.293 e. The predicted molar refractivity (Wildman–Crippen MR) is 72.3 cm³/mol. The number of allylic oxidation sites excluding steroid dienone is 2. The molecule has 1 aliphatic rings. The Labute approximate surface area is 98.9 Å². The second-order valence-electron chi connectivity index (χ2n) is 4.61. The summed E-state index contributed by atoms with van der Waals surface area (Å²) in [6.07, 6.45) is 7.58. The highest BCUT2D eigenvalue weighted by Crippen LogP contribution is 2.24. The van der Waals surface area contributed by atoms with E-state index in [2.05, 4.69) is 30.4 Å². The van der Waals surface area contributed by atoms with Crippen molar-refractivity contribution in [3.05, 3.63) is 24.4 Å². The van der Waals surface area contributed by atoms with Crippen molar-refractivity contribution >= 4 is 11.9 Å². The van der Waals surface area contributed by atoms with E-state index in [1.54, 1.807) is 6.21 Å². The molecule has 1 aliphatic heterocycles. The lowest BCUT2D eigenvalue weighted by Crippen LogP contribution is -2.09. The molecule has 0 saturated heterocycles. The third-order valence-corrected chi connectivity index (χ3v) is 3.05. The topological polar surface area (TPSA) is 24.7 Å². The summed E-state index contributed by atoms with van der Waals surface area (Å²) >= 11 is 0. The molecule has 2 nitrogen and oxygen atoms in total. The molecule has 0 aromatic carbocycles. The highest BCUT2D eigenvalue weighted by Gasteiger charge is 2.21. The Morgan fingerprint density at radius 3 is 2.88 bits per heavy atom. The number of nitrogens with zero attached hydrogens (tertiary/aromatic N) is 2. The Balaban J connectivity index is 2.52. The van der Waals surface area contributed by atoms with Crippen LogP contribution in [-0.2, 0) is 0 Å². The standard InChI is InChI=1S/C14H22N2/c1-5-12(9-15-6-2)7-14-8-13(10-16-14)11(3)4/h5-6,9,11,13H,1,7-8,10H2,2-4H3/b12-9+,15-6?. The lowest BCUT2D eigenvalue weighted by atomic mass is 9.92. The van der Waals surface area contributed by atoms with Gasteiger partial charge in [0.25, 0.3) is 0 Å². The van der Waals surface area contributed by atoms with E-state index >= 15 is 0 Å². The molecule has 16 heavy (non-hydrogen) atoms. The fourth-order valence-electron chi connectivity index (χ4n) is 1.83. The summed E-state index contributed by atoms with van der Waals surface area (Å²) in [7, 11) is 0. The fraction of sp³-hybridized carbons (Fsp3) is 0.571. The van der Waals surface area contributed by atoms with Crippen molar-refractivity contribution in [2.24, 2.45) is 21.8 Å². The third kappa shape index (κ3) is 3.76. The first-order valence-corrected chi connectivity index (χ1v) is 5.98. The summed E-state index contributed by atoms with van der Waals surface area (Å²) in [6.45, 7) is 11.3. The molecule has 0 bridgehead atoms. The maximum Gasteiger partial charge on any atom is 0.0423 e. The second kappa shape index (κ2) is 6.41.